The Morgan fingerprint density at radius 2 is 1.83 bits per heavy atom. The van der Waals surface area contributed by atoms with Crippen LogP contribution in [0.5, 0.6) is 0 Å². The lowest BCUT2D eigenvalue weighted by molar-refractivity contribution is 0.213. The van der Waals surface area contributed by atoms with Crippen molar-refractivity contribution in [2.24, 2.45) is 0 Å². The molecule has 0 saturated heterocycles. The normalized spacial score (nSPS) is 13.6. The SMILES string of the molecule is CCOP(=O)(OCC)C(C)c1cc(CC)ncn1. The number of aryl methyl sites for hydroxylation is 1. The van der Waals surface area contributed by atoms with Gasteiger partial charge in [-0.2, -0.15) is 0 Å². The van der Waals surface area contributed by atoms with Gasteiger partial charge < -0.3 is 9.05 Å². The van der Waals surface area contributed by atoms with E-state index in [2.05, 4.69) is 9.97 Å². The summed E-state index contributed by atoms with van der Waals surface area (Å²) in [5.41, 5.74) is 1.24. The monoisotopic (exact) mass is 272 g/mol. The lowest BCUT2D eigenvalue weighted by Crippen LogP contribution is -2.06. The first kappa shape index (κ1) is 15.3. The van der Waals surface area contributed by atoms with Crippen LogP contribution in [0.25, 0.3) is 0 Å². The van der Waals surface area contributed by atoms with Gasteiger partial charge in [-0.3, -0.25) is 4.57 Å². The third-order valence-corrected chi connectivity index (χ3v) is 5.08. The van der Waals surface area contributed by atoms with Crippen LogP contribution in [-0.2, 0) is 20.0 Å². The second-order valence-electron chi connectivity index (χ2n) is 3.84. The molecule has 0 aliphatic rings. The Morgan fingerprint density at radius 3 is 2.33 bits per heavy atom. The lowest BCUT2D eigenvalue weighted by atomic mass is 10.2. The van der Waals surface area contributed by atoms with Gasteiger partial charge in [0, 0.05) is 5.69 Å². The Balaban J connectivity index is 3.01. The molecule has 0 aromatic carbocycles. The highest BCUT2D eigenvalue weighted by molar-refractivity contribution is 7.54. The zero-order valence-electron chi connectivity index (χ0n) is 11.4. The van der Waals surface area contributed by atoms with Gasteiger partial charge in [-0.1, -0.05) is 6.92 Å². The molecule has 18 heavy (non-hydrogen) atoms. The van der Waals surface area contributed by atoms with E-state index in [-0.39, 0.29) is 5.66 Å². The number of rotatable bonds is 7. The molecule has 0 N–H and O–H groups in total. The van der Waals surface area contributed by atoms with Gasteiger partial charge in [-0.25, -0.2) is 9.97 Å². The van der Waals surface area contributed by atoms with Crippen LogP contribution in [0.3, 0.4) is 0 Å². The maximum absolute atomic E-state index is 12.6. The third kappa shape index (κ3) is 3.61. The first-order chi connectivity index (χ1) is 8.57. The molecule has 102 valence electrons. The molecule has 1 aromatic heterocycles. The Hall–Kier alpha value is -0.770. The van der Waals surface area contributed by atoms with Crippen molar-refractivity contribution in [2.45, 2.75) is 39.8 Å². The second-order valence-corrected chi connectivity index (χ2v) is 6.21. The molecular weight excluding hydrogens is 251 g/mol. The van der Waals surface area contributed by atoms with Gasteiger partial charge in [-0.15, -0.1) is 0 Å². The molecular formula is C12H21N2O3P. The molecule has 0 aliphatic carbocycles. The summed E-state index contributed by atoms with van der Waals surface area (Å²) in [5.74, 6) is 0. The number of aromatic nitrogens is 2. The Bertz CT molecular complexity index is 416. The molecule has 0 radical (unpaired) electrons. The minimum Gasteiger partial charge on any atom is -0.308 e. The molecule has 6 heteroatoms. The van der Waals surface area contributed by atoms with Crippen molar-refractivity contribution in [3.8, 4) is 0 Å². The van der Waals surface area contributed by atoms with Crippen LogP contribution in [0.1, 0.15) is 44.7 Å². The van der Waals surface area contributed by atoms with Gasteiger partial charge in [0.1, 0.15) is 12.0 Å². The van der Waals surface area contributed by atoms with Gasteiger partial charge >= 0.3 is 7.60 Å². The van der Waals surface area contributed by atoms with Gasteiger partial charge in [0.2, 0.25) is 0 Å². The minimum absolute atomic E-state index is 0.355. The Kier molecular flexibility index (Phi) is 5.93. The molecule has 0 aliphatic heterocycles. The van der Waals surface area contributed by atoms with E-state index in [9.17, 15) is 4.57 Å². The molecule has 1 atom stereocenters. The molecule has 1 rings (SSSR count). The maximum atomic E-state index is 12.6. The van der Waals surface area contributed by atoms with Crippen molar-refractivity contribution in [2.75, 3.05) is 13.2 Å². The molecule has 1 unspecified atom stereocenters. The molecule has 5 nitrogen and oxygen atoms in total. The van der Waals surface area contributed by atoms with Gasteiger partial charge in [0.25, 0.3) is 0 Å². The quantitative estimate of drug-likeness (QED) is 0.712. The van der Waals surface area contributed by atoms with Crippen LogP contribution in [0.15, 0.2) is 12.4 Å². The van der Waals surface area contributed by atoms with E-state index in [1.807, 2.05) is 19.9 Å². The average molecular weight is 272 g/mol. The molecule has 1 aromatic rings. The number of hydrogen-bond donors (Lipinski definition) is 0. The predicted octanol–water partition coefficient (Wildman–Crippen LogP) is 3.37. The molecule has 0 fully saturated rings. The molecule has 0 spiro atoms. The van der Waals surface area contributed by atoms with Crippen molar-refractivity contribution in [1.82, 2.24) is 9.97 Å². The minimum atomic E-state index is -3.15. The van der Waals surface area contributed by atoms with E-state index in [0.717, 1.165) is 12.1 Å². The highest BCUT2D eigenvalue weighted by Crippen LogP contribution is 2.60. The highest BCUT2D eigenvalue weighted by atomic mass is 31.2. The van der Waals surface area contributed by atoms with Crippen LogP contribution in [0.2, 0.25) is 0 Å². The summed E-state index contributed by atoms with van der Waals surface area (Å²) in [7, 11) is -3.15. The largest absolute Gasteiger partial charge is 0.339 e. The number of hydrogen-bond acceptors (Lipinski definition) is 5. The van der Waals surface area contributed by atoms with Crippen molar-refractivity contribution in [1.29, 1.82) is 0 Å². The second kappa shape index (κ2) is 6.98. The average Bonchev–Trinajstić information content (AvgIpc) is 2.38. The van der Waals surface area contributed by atoms with E-state index in [0.29, 0.717) is 18.9 Å². The van der Waals surface area contributed by atoms with Gasteiger partial charge in [-0.05, 0) is 33.3 Å². The smallest absolute Gasteiger partial charge is 0.308 e. The van der Waals surface area contributed by atoms with Crippen LogP contribution >= 0.6 is 7.60 Å². The molecule has 0 bridgehead atoms. The summed E-state index contributed by atoms with van der Waals surface area (Å²) >= 11 is 0. The van der Waals surface area contributed by atoms with E-state index in [4.69, 9.17) is 9.05 Å². The summed E-state index contributed by atoms with van der Waals surface area (Å²) in [5, 5.41) is 0. The lowest BCUT2D eigenvalue weighted by Gasteiger charge is -2.22. The first-order valence-electron chi connectivity index (χ1n) is 6.27. The zero-order valence-corrected chi connectivity index (χ0v) is 12.3. The van der Waals surface area contributed by atoms with E-state index in [1.54, 1.807) is 13.8 Å². The summed E-state index contributed by atoms with van der Waals surface area (Å²) in [6.45, 7) is 8.14. The zero-order chi connectivity index (χ0) is 13.6. The van der Waals surface area contributed by atoms with E-state index >= 15 is 0 Å². The highest BCUT2D eigenvalue weighted by Gasteiger charge is 2.34. The Labute approximate surface area is 108 Å². The summed E-state index contributed by atoms with van der Waals surface area (Å²) in [6.07, 6.45) is 2.31. The van der Waals surface area contributed by atoms with Gasteiger partial charge in [0.05, 0.1) is 18.9 Å². The van der Waals surface area contributed by atoms with Crippen molar-refractivity contribution >= 4 is 7.60 Å². The summed E-state index contributed by atoms with van der Waals surface area (Å²) in [4.78, 5) is 8.31. The van der Waals surface area contributed by atoms with Crippen molar-refractivity contribution in [3.63, 3.8) is 0 Å². The third-order valence-electron chi connectivity index (χ3n) is 2.63. The van der Waals surface area contributed by atoms with Crippen molar-refractivity contribution < 1.29 is 13.6 Å². The predicted molar refractivity (Wildman–Crippen MR) is 70.7 cm³/mol. The van der Waals surface area contributed by atoms with Crippen LogP contribution < -0.4 is 0 Å². The summed E-state index contributed by atoms with van der Waals surface area (Å²) in [6, 6.07) is 1.86. The maximum Gasteiger partial charge on any atom is 0.339 e. The fourth-order valence-corrected chi connectivity index (χ4v) is 3.33. The molecule has 1 heterocycles. The molecule has 0 amide bonds. The van der Waals surface area contributed by atoms with Crippen LogP contribution in [0.4, 0.5) is 0 Å². The van der Waals surface area contributed by atoms with Gasteiger partial charge in [0.15, 0.2) is 0 Å². The van der Waals surface area contributed by atoms with E-state index in [1.165, 1.54) is 6.33 Å². The summed E-state index contributed by atoms with van der Waals surface area (Å²) < 4.78 is 23.3. The Morgan fingerprint density at radius 1 is 1.22 bits per heavy atom. The topological polar surface area (TPSA) is 61.3 Å². The van der Waals surface area contributed by atoms with E-state index < -0.39 is 7.60 Å². The van der Waals surface area contributed by atoms with Crippen LogP contribution in [-0.4, -0.2) is 23.2 Å². The fraction of sp³-hybridized carbons (Fsp3) is 0.667. The van der Waals surface area contributed by atoms with Crippen molar-refractivity contribution in [3.05, 3.63) is 23.8 Å². The standard InChI is InChI=1S/C12H21N2O3P/c1-5-11-8-12(14-9-13-11)10(4)18(15,16-6-2)17-7-3/h8-10H,5-7H2,1-4H3. The van der Waals surface area contributed by atoms with Crippen LogP contribution in [0, 0.1) is 0 Å². The number of nitrogens with zero attached hydrogens (tertiary/aromatic N) is 2. The molecule has 0 saturated carbocycles. The fourth-order valence-electron chi connectivity index (χ4n) is 1.62. The first-order valence-corrected chi connectivity index (χ1v) is 7.88.